The summed E-state index contributed by atoms with van der Waals surface area (Å²) < 4.78 is 24.1. The van der Waals surface area contributed by atoms with Crippen molar-refractivity contribution in [1.82, 2.24) is 0 Å². The fraction of sp³-hybridized carbons (Fsp3) is 0.364. The van der Waals surface area contributed by atoms with Gasteiger partial charge in [-0.1, -0.05) is 12.1 Å². The molecule has 0 spiro atoms. The number of hydrogen-bond acceptors (Lipinski definition) is 4. The second-order valence-electron chi connectivity index (χ2n) is 4.22. The number of sulfone groups is 1. The first-order valence-corrected chi connectivity index (χ1v) is 6.80. The van der Waals surface area contributed by atoms with Crippen LogP contribution in [0.3, 0.4) is 0 Å². The molecule has 6 heteroatoms. The maximum atomic E-state index is 12.1. The molecule has 2 N–H and O–H groups in total. The molecule has 1 heterocycles. The van der Waals surface area contributed by atoms with Crippen molar-refractivity contribution in [2.75, 3.05) is 11.1 Å². The van der Waals surface area contributed by atoms with Crippen LogP contribution in [-0.4, -0.2) is 31.3 Å². The molecule has 2 rings (SSSR count). The molecular formula is C11H13NO4S. The molecule has 0 bridgehead atoms. The maximum Gasteiger partial charge on any atom is 0.327 e. The molecule has 0 saturated carbocycles. The Hall–Kier alpha value is -1.56. The smallest absolute Gasteiger partial charge is 0.327 e. The normalized spacial score (nSPS) is 21.4. The van der Waals surface area contributed by atoms with E-state index in [-0.39, 0.29) is 4.90 Å². The fourth-order valence-electron chi connectivity index (χ4n) is 2.02. The van der Waals surface area contributed by atoms with Crippen LogP contribution in [0.5, 0.6) is 0 Å². The van der Waals surface area contributed by atoms with Crippen molar-refractivity contribution < 1.29 is 18.3 Å². The van der Waals surface area contributed by atoms with Gasteiger partial charge in [-0.25, -0.2) is 13.2 Å². The van der Waals surface area contributed by atoms with E-state index in [1.807, 2.05) is 0 Å². The van der Waals surface area contributed by atoms with Gasteiger partial charge in [0.2, 0.25) is 0 Å². The number of carboxylic acids is 1. The third-order valence-corrected chi connectivity index (χ3v) is 4.80. The third-order valence-electron chi connectivity index (χ3n) is 2.88. The number of aliphatic carboxylic acids is 1. The first-order valence-electron chi connectivity index (χ1n) is 5.15. The van der Waals surface area contributed by atoms with E-state index in [9.17, 15) is 13.2 Å². The van der Waals surface area contributed by atoms with Crippen LogP contribution in [0.4, 0.5) is 5.69 Å². The molecule has 92 valence electrons. The molecule has 0 radical (unpaired) electrons. The predicted molar refractivity (Wildman–Crippen MR) is 63.0 cm³/mol. The van der Waals surface area contributed by atoms with Crippen LogP contribution in [0.15, 0.2) is 17.0 Å². The topological polar surface area (TPSA) is 83.5 Å². The summed E-state index contributed by atoms with van der Waals surface area (Å²) in [5.41, 5.74) is 1.80. The van der Waals surface area contributed by atoms with Crippen molar-refractivity contribution in [3.05, 3.63) is 23.3 Å². The molecule has 0 aliphatic carbocycles. The van der Waals surface area contributed by atoms with Gasteiger partial charge in [-0.3, -0.25) is 0 Å². The molecule has 1 aromatic carbocycles. The van der Waals surface area contributed by atoms with Gasteiger partial charge in [0.15, 0.2) is 9.84 Å². The number of hydrogen-bond donors (Lipinski definition) is 2. The minimum absolute atomic E-state index is 0.231. The number of carboxylic acid groups (broad SMARTS) is 1. The summed E-state index contributed by atoms with van der Waals surface area (Å²) in [6.45, 7) is 3.46. The van der Waals surface area contributed by atoms with Gasteiger partial charge in [0.25, 0.3) is 0 Å². The van der Waals surface area contributed by atoms with E-state index in [1.165, 1.54) is 0 Å². The number of aryl methyl sites for hydroxylation is 2. The zero-order valence-corrected chi connectivity index (χ0v) is 10.3. The monoisotopic (exact) mass is 255 g/mol. The zero-order chi connectivity index (χ0) is 12.8. The molecule has 0 fully saturated rings. The van der Waals surface area contributed by atoms with E-state index >= 15 is 0 Å². The summed E-state index contributed by atoms with van der Waals surface area (Å²) >= 11 is 0. The SMILES string of the molecule is Cc1ccc(C)c2c1NC(C(=O)O)CS2(=O)=O. The lowest BCUT2D eigenvalue weighted by atomic mass is 10.1. The standard InChI is InChI=1S/C11H13NO4S/c1-6-3-4-7(2)10-9(6)12-8(11(13)14)5-17(10,15)16/h3-4,8,12H,5H2,1-2H3,(H,13,14). The maximum absolute atomic E-state index is 12.1. The van der Waals surface area contributed by atoms with E-state index in [2.05, 4.69) is 5.32 Å². The number of carbonyl (C=O) groups is 1. The highest BCUT2D eigenvalue weighted by atomic mass is 32.2. The lowest BCUT2D eigenvalue weighted by Crippen LogP contribution is -2.40. The Morgan fingerprint density at radius 1 is 1.35 bits per heavy atom. The van der Waals surface area contributed by atoms with Crippen molar-refractivity contribution in [2.45, 2.75) is 24.8 Å². The zero-order valence-electron chi connectivity index (χ0n) is 9.52. The molecule has 1 aliphatic rings. The molecule has 17 heavy (non-hydrogen) atoms. The largest absolute Gasteiger partial charge is 0.480 e. The van der Waals surface area contributed by atoms with Gasteiger partial charge in [-0.05, 0) is 25.0 Å². The van der Waals surface area contributed by atoms with Crippen molar-refractivity contribution in [2.24, 2.45) is 0 Å². The van der Waals surface area contributed by atoms with Gasteiger partial charge < -0.3 is 10.4 Å². The molecule has 0 aromatic heterocycles. The average Bonchev–Trinajstić information content (AvgIpc) is 2.21. The van der Waals surface area contributed by atoms with Gasteiger partial charge in [-0.15, -0.1) is 0 Å². The van der Waals surface area contributed by atoms with E-state index in [0.717, 1.165) is 5.56 Å². The third kappa shape index (κ3) is 1.88. The summed E-state index contributed by atoms with van der Waals surface area (Å²) in [7, 11) is -3.53. The lowest BCUT2D eigenvalue weighted by molar-refractivity contribution is -0.137. The Kier molecular flexibility index (Phi) is 2.61. The van der Waals surface area contributed by atoms with Crippen LogP contribution in [-0.2, 0) is 14.6 Å². The highest BCUT2D eigenvalue weighted by molar-refractivity contribution is 7.91. The summed E-state index contributed by atoms with van der Waals surface area (Å²) in [5.74, 6) is -1.56. The van der Waals surface area contributed by atoms with Crippen LogP contribution in [0, 0.1) is 13.8 Å². The van der Waals surface area contributed by atoms with Crippen molar-refractivity contribution in [3.63, 3.8) is 0 Å². The quantitative estimate of drug-likeness (QED) is 0.780. The highest BCUT2D eigenvalue weighted by Gasteiger charge is 2.35. The first-order chi connectivity index (χ1) is 7.83. The molecule has 5 nitrogen and oxygen atoms in total. The van der Waals surface area contributed by atoms with Crippen LogP contribution in [0.1, 0.15) is 11.1 Å². The Bertz CT molecular complexity index is 592. The van der Waals surface area contributed by atoms with E-state index in [4.69, 9.17) is 5.11 Å². The molecule has 1 atom stereocenters. The number of anilines is 1. The Morgan fingerprint density at radius 3 is 2.53 bits per heavy atom. The van der Waals surface area contributed by atoms with E-state index in [1.54, 1.807) is 26.0 Å². The molecular weight excluding hydrogens is 242 g/mol. The number of benzene rings is 1. The van der Waals surface area contributed by atoms with Gasteiger partial charge >= 0.3 is 5.97 Å². The van der Waals surface area contributed by atoms with Crippen LogP contribution in [0.2, 0.25) is 0 Å². The Morgan fingerprint density at radius 2 is 1.94 bits per heavy atom. The first kappa shape index (κ1) is 11.9. The predicted octanol–water partition coefficient (Wildman–Crippen LogP) is 0.956. The summed E-state index contributed by atoms with van der Waals surface area (Å²) in [4.78, 5) is 11.2. The second-order valence-corrected chi connectivity index (χ2v) is 6.19. The van der Waals surface area contributed by atoms with Gasteiger partial charge in [0, 0.05) is 0 Å². The van der Waals surface area contributed by atoms with E-state index < -0.39 is 27.6 Å². The highest BCUT2D eigenvalue weighted by Crippen LogP contribution is 2.34. The number of rotatable bonds is 1. The lowest BCUT2D eigenvalue weighted by Gasteiger charge is -2.26. The van der Waals surface area contributed by atoms with Gasteiger partial charge in [0.1, 0.15) is 6.04 Å². The minimum atomic E-state index is -3.53. The molecule has 0 amide bonds. The Balaban J connectivity index is 2.69. The number of nitrogens with one attached hydrogen (secondary N) is 1. The average molecular weight is 255 g/mol. The molecule has 1 aliphatic heterocycles. The summed E-state index contributed by atoms with van der Waals surface area (Å²) in [6, 6.07) is 2.43. The van der Waals surface area contributed by atoms with Gasteiger partial charge in [-0.2, -0.15) is 0 Å². The fourth-order valence-corrected chi connectivity index (χ4v) is 3.94. The molecule has 0 saturated heterocycles. The van der Waals surface area contributed by atoms with Gasteiger partial charge in [0.05, 0.1) is 16.3 Å². The number of fused-ring (bicyclic) bond motifs is 1. The van der Waals surface area contributed by atoms with Crippen molar-refractivity contribution in [3.8, 4) is 0 Å². The summed E-state index contributed by atoms with van der Waals surface area (Å²) in [5, 5.41) is 11.7. The van der Waals surface area contributed by atoms with E-state index in [0.29, 0.717) is 11.3 Å². The van der Waals surface area contributed by atoms with Crippen molar-refractivity contribution >= 4 is 21.5 Å². The van der Waals surface area contributed by atoms with Crippen LogP contribution < -0.4 is 5.32 Å². The van der Waals surface area contributed by atoms with Crippen LogP contribution >= 0.6 is 0 Å². The van der Waals surface area contributed by atoms with Crippen molar-refractivity contribution in [1.29, 1.82) is 0 Å². The second kappa shape index (κ2) is 3.73. The summed E-state index contributed by atoms with van der Waals surface area (Å²) in [6.07, 6.45) is 0. The minimum Gasteiger partial charge on any atom is -0.480 e. The van der Waals surface area contributed by atoms with Crippen LogP contribution in [0.25, 0.3) is 0 Å². The molecule has 1 aromatic rings. The molecule has 1 unspecified atom stereocenters. The Labute approximate surface area is 99.4 Å².